The number of halogens is 1. The molecule has 6 rings (SSSR count). The molecule has 8 nitrogen and oxygen atoms in total. The third kappa shape index (κ3) is 4.31. The minimum absolute atomic E-state index is 0.247. The van der Waals surface area contributed by atoms with Gasteiger partial charge < -0.3 is 9.47 Å². The first-order valence-corrected chi connectivity index (χ1v) is 12.8. The summed E-state index contributed by atoms with van der Waals surface area (Å²) in [5.41, 5.74) is 3.67. The number of para-hydroxylation sites is 1. The summed E-state index contributed by atoms with van der Waals surface area (Å²) in [5, 5.41) is 9.75. The Hall–Kier alpha value is -4.47. The minimum atomic E-state index is -0.247. The number of ether oxygens (including phenoxy) is 2. The van der Waals surface area contributed by atoms with E-state index in [0.717, 1.165) is 28.1 Å². The van der Waals surface area contributed by atoms with Crippen molar-refractivity contribution in [3.63, 3.8) is 0 Å². The lowest BCUT2D eigenvalue weighted by molar-refractivity contribution is 0.415. The van der Waals surface area contributed by atoms with E-state index in [1.165, 1.54) is 15.9 Å². The zero-order valence-electron chi connectivity index (χ0n) is 20.3. The van der Waals surface area contributed by atoms with Gasteiger partial charge in [0.15, 0.2) is 5.82 Å². The number of hydrogen-bond donors (Lipinski definition) is 0. The fraction of sp³-hybridized carbons (Fsp3) is 0.0714. The normalized spacial score (nSPS) is 11.8. The molecule has 0 N–H and O–H groups in total. The summed E-state index contributed by atoms with van der Waals surface area (Å²) in [6.07, 6.45) is 3.71. The Morgan fingerprint density at radius 3 is 2.37 bits per heavy atom. The molecule has 10 heteroatoms. The standard InChI is InChI=1S/C28H20ClN5O3S/c1-36-21-11-8-17(9-12-21)26-30-28-34(32-26)27(35)24(38-28)15-19-16-33(20-6-4-3-5-7-20)31-25(19)18-10-13-23(37-2)22(29)14-18/h3-16H,1-2H3/b24-15-. The molecule has 0 aliphatic carbocycles. The highest BCUT2D eigenvalue weighted by Gasteiger charge is 2.16. The molecule has 6 aromatic rings. The number of hydrogen-bond acceptors (Lipinski definition) is 7. The summed E-state index contributed by atoms with van der Waals surface area (Å²) in [6, 6.07) is 22.6. The third-order valence-corrected chi connectivity index (χ3v) is 7.26. The van der Waals surface area contributed by atoms with E-state index in [2.05, 4.69) is 10.1 Å². The van der Waals surface area contributed by atoms with E-state index in [1.807, 2.05) is 72.9 Å². The second-order valence-electron chi connectivity index (χ2n) is 8.34. The number of thiazole rings is 1. The van der Waals surface area contributed by atoms with Crippen LogP contribution in [0.5, 0.6) is 11.5 Å². The molecule has 0 atom stereocenters. The van der Waals surface area contributed by atoms with Crippen molar-refractivity contribution in [1.82, 2.24) is 24.4 Å². The number of rotatable bonds is 6. The molecule has 188 valence electrons. The van der Waals surface area contributed by atoms with Crippen LogP contribution in [0.4, 0.5) is 0 Å². The van der Waals surface area contributed by atoms with Gasteiger partial charge in [-0.15, -0.1) is 5.10 Å². The second-order valence-corrected chi connectivity index (χ2v) is 9.75. The van der Waals surface area contributed by atoms with Gasteiger partial charge in [0.25, 0.3) is 5.56 Å². The molecule has 0 amide bonds. The van der Waals surface area contributed by atoms with Crippen LogP contribution in [-0.4, -0.2) is 38.6 Å². The molecule has 3 heterocycles. The van der Waals surface area contributed by atoms with E-state index in [0.29, 0.717) is 31.8 Å². The van der Waals surface area contributed by atoms with E-state index in [4.69, 9.17) is 26.2 Å². The Morgan fingerprint density at radius 2 is 1.68 bits per heavy atom. The molecule has 0 unspecified atom stereocenters. The SMILES string of the molecule is COc1ccc(-c2nc3s/c(=C\c4cn(-c5ccccc5)nc4-c4ccc(OC)c(Cl)c4)c(=O)n3n2)cc1. The first-order valence-electron chi connectivity index (χ1n) is 11.6. The fourth-order valence-corrected chi connectivity index (χ4v) is 5.24. The lowest BCUT2D eigenvalue weighted by atomic mass is 10.1. The molecule has 0 saturated heterocycles. The van der Waals surface area contributed by atoms with E-state index in [9.17, 15) is 4.79 Å². The highest BCUT2D eigenvalue weighted by Crippen LogP contribution is 2.32. The number of fused-ring (bicyclic) bond motifs is 1. The summed E-state index contributed by atoms with van der Waals surface area (Å²) < 4.78 is 14.1. The largest absolute Gasteiger partial charge is 0.497 e. The predicted octanol–water partition coefficient (Wildman–Crippen LogP) is 4.89. The first-order chi connectivity index (χ1) is 18.5. The predicted molar refractivity (Wildman–Crippen MR) is 148 cm³/mol. The maximum atomic E-state index is 13.3. The van der Waals surface area contributed by atoms with Crippen LogP contribution in [0, 0.1) is 0 Å². The van der Waals surface area contributed by atoms with Gasteiger partial charge in [-0.25, -0.2) is 4.68 Å². The Labute approximate surface area is 226 Å². The maximum Gasteiger partial charge on any atom is 0.291 e. The van der Waals surface area contributed by atoms with Gasteiger partial charge in [0.1, 0.15) is 17.2 Å². The number of aromatic nitrogens is 5. The van der Waals surface area contributed by atoms with Crippen molar-refractivity contribution in [2.24, 2.45) is 0 Å². The second kappa shape index (κ2) is 9.77. The smallest absolute Gasteiger partial charge is 0.291 e. The molecule has 0 bridgehead atoms. The van der Waals surface area contributed by atoms with E-state index in [-0.39, 0.29) is 5.56 Å². The monoisotopic (exact) mass is 541 g/mol. The first kappa shape index (κ1) is 23.9. The van der Waals surface area contributed by atoms with Crippen molar-refractivity contribution in [1.29, 1.82) is 0 Å². The van der Waals surface area contributed by atoms with Crippen LogP contribution >= 0.6 is 22.9 Å². The summed E-state index contributed by atoms with van der Waals surface area (Å²) in [4.78, 5) is 18.4. The van der Waals surface area contributed by atoms with Gasteiger partial charge in [-0.3, -0.25) is 4.79 Å². The van der Waals surface area contributed by atoms with Crippen LogP contribution in [0.3, 0.4) is 0 Å². The Kier molecular flexibility index (Phi) is 6.15. The molecular weight excluding hydrogens is 522 g/mol. The van der Waals surface area contributed by atoms with Crippen LogP contribution in [-0.2, 0) is 0 Å². The van der Waals surface area contributed by atoms with Crippen LogP contribution < -0.4 is 19.6 Å². The Morgan fingerprint density at radius 1 is 0.921 bits per heavy atom. The average Bonchev–Trinajstić information content (AvgIpc) is 3.64. The molecule has 0 aliphatic rings. The van der Waals surface area contributed by atoms with E-state index in [1.54, 1.807) is 31.0 Å². The zero-order valence-corrected chi connectivity index (χ0v) is 21.9. The van der Waals surface area contributed by atoms with Crippen LogP contribution in [0.1, 0.15) is 5.56 Å². The molecule has 0 aliphatic heterocycles. The number of methoxy groups -OCH3 is 2. The molecule has 0 spiro atoms. The van der Waals surface area contributed by atoms with E-state index >= 15 is 0 Å². The number of nitrogens with zero attached hydrogens (tertiary/aromatic N) is 5. The van der Waals surface area contributed by atoms with Gasteiger partial charge >= 0.3 is 0 Å². The minimum Gasteiger partial charge on any atom is -0.497 e. The third-order valence-electron chi connectivity index (χ3n) is 6.01. The van der Waals surface area contributed by atoms with Crippen molar-refractivity contribution >= 4 is 34.0 Å². The van der Waals surface area contributed by atoms with Gasteiger partial charge in [0.2, 0.25) is 4.96 Å². The summed E-state index contributed by atoms with van der Waals surface area (Å²) >= 11 is 7.69. The summed E-state index contributed by atoms with van der Waals surface area (Å²) in [5.74, 6) is 1.79. The van der Waals surface area contributed by atoms with Crippen molar-refractivity contribution < 1.29 is 9.47 Å². The van der Waals surface area contributed by atoms with Gasteiger partial charge in [-0.05, 0) is 60.7 Å². The topological polar surface area (TPSA) is 83.5 Å². The van der Waals surface area contributed by atoms with Gasteiger partial charge in [-0.2, -0.15) is 14.6 Å². The highest BCUT2D eigenvalue weighted by atomic mass is 35.5. The zero-order chi connectivity index (χ0) is 26.2. The number of benzene rings is 3. The Balaban J connectivity index is 1.46. The highest BCUT2D eigenvalue weighted by molar-refractivity contribution is 7.15. The van der Waals surface area contributed by atoms with Crippen LogP contribution in [0.2, 0.25) is 5.02 Å². The summed E-state index contributed by atoms with van der Waals surface area (Å²) in [6.45, 7) is 0. The van der Waals surface area contributed by atoms with Gasteiger partial charge in [0.05, 0.1) is 29.5 Å². The van der Waals surface area contributed by atoms with Crippen molar-refractivity contribution in [2.45, 2.75) is 0 Å². The van der Waals surface area contributed by atoms with E-state index < -0.39 is 0 Å². The van der Waals surface area contributed by atoms with Crippen molar-refractivity contribution in [2.75, 3.05) is 14.2 Å². The molecule has 3 aromatic carbocycles. The van der Waals surface area contributed by atoms with Crippen molar-refractivity contribution in [3.05, 3.63) is 104 Å². The molecule has 38 heavy (non-hydrogen) atoms. The fourth-order valence-electron chi connectivity index (χ4n) is 4.08. The van der Waals surface area contributed by atoms with Gasteiger partial charge in [-0.1, -0.05) is 41.1 Å². The Bertz CT molecular complexity index is 1880. The lowest BCUT2D eigenvalue weighted by Crippen LogP contribution is -2.23. The lowest BCUT2D eigenvalue weighted by Gasteiger charge is -2.05. The van der Waals surface area contributed by atoms with Crippen LogP contribution in [0.15, 0.2) is 83.8 Å². The molecule has 0 radical (unpaired) electrons. The van der Waals surface area contributed by atoms with Crippen LogP contribution in [0.25, 0.3) is 39.4 Å². The maximum absolute atomic E-state index is 13.3. The van der Waals surface area contributed by atoms with Crippen molar-refractivity contribution in [3.8, 4) is 39.8 Å². The average molecular weight is 542 g/mol. The molecule has 0 fully saturated rings. The summed E-state index contributed by atoms with van der Waals surface area (Å²) in [7, 11) is 3.18. The molecule has 0 saturated carbocycles. The van der Waals surface area contributed by atoms with Gasteiger partial charge in [0, 0.05) is 22.9 Å². The molecule has 3 aromatic heterocycles. The quantitative estimate of drug-likeness (QED) is 0.298. The molecular formula is C28H20ClN5O3S.